The van der Waals surface area contributed by atoms with Gasteiger partial charge in [0.1, 0.15) is 0 Å². The Labute approximate surface area is 142 Å². The normalized spacial score (nSPS) is 14.8. The summed E-state index contributed by atoms with van der Waals surface area (Å²) in [7, 11) is 0. The molecule has 1 saturated heterocycles. The fourth-order valence-electron chi connectivity index (χ4n) is 1.98. The number of amides is 1. The molecule has 2 heterocycles. The molecule has 0 atom stereocenters. The SMILES string of the molecule is Cc1ncc(CN2CCN(C(=O)CN)CC2)s1.Cl.Cl.Cl. The van der Waals surface area contributed by atoms with Crippen LogP contribution in [-0.2, 0) is 11.3 Å². The molecule has 2 N–H and O–H groups in total. The van der Waals surface area contributed by atoms with Gasteiger partial charge in [0.15, 0.2) is 0 Å². The summed E-state index contributed by atoms with van der Waals surface area (Å²) < 4.78 is 0. The molecule has 1 aromatic rings. The maximum absolute atomic E-state index is 11.4. The Kier molecular flexibility index (Phi) is 11.7. The van der Waals surface area contributed by atoms with Crippen LogP contribution in [-0.4, -0.2) is 53.4 Å². The first-order chi connectivity index (χ1) is 8.19. The lowest BCUT2D eigenvalue weighted by Gasteiger charge is -2.34. The minimum absolute atomic E-state index is 0. The van der Waals surface area contributed by atoms with Gasteiger partial charge in [0.05, 0.1) is 11.6 Å². The minimum Gasteiger partial charge on any atom is -0.339 e. The Hall–Kier alpha value is -0.110. The second-order valence-corrected chi connectivity index (χ2v) is 5.53. The highest BCUT2D eigenvalue weighted by Crippen LogP contribution is 2.15. The maximum Gasteiger partial charge on any atom is 0.236 e. The zero-order valence-corrected chi connectivity index (χ0v) is 14.5. The van der Waals surface area contributed by atoms with Gasteiger partial charge in [-0.05, 0) is 6.92 Å². The van der Waals surface area contributed by atoms with E-state index in [9.17, 15) is 4.79 Å². The molecule has 1 aliphatic heterocycles. The van der Waals surface area contributed by atoms with Crippen LogP contribution in [0.25, 0.3) is 0 Å². The van der Waals surface area contributed by atoms with Gasteiger partial charge in [-0.1, -0.05) is 0 Å². The van der Waals surface area contributed by atoms with E-state index in [1.165, 1.54) is 4.88 Å². The van der Waals surface area contributed by atoms with Crippen molar-refractivity contribution in [3.05, 3.63) is 16.1 Å². The zero-order valence-electron chi connectivity index (χ0n) is 11.3. The van der Waals surface area contributed by atoms with Gasteiger partial charge in [0.25, 0.3) is 0 Å². The number of hydrogen-bond donors (Lipinski definition) is 1. The van der Waals surface area contributed by atoms with Crippen molar-refractivity contribution in [2.75, 3.05) is 32.7 Å². The molecule has 0 bridgehead atoms. The average molecular weight is 364 g/mol. The molecule has 0 unspecified atom stereocenters. The highest BCUT2D eigenvalue weighted by Gasteiger charge is 2.20. The summed E-state index contributed by atoms with van der Waals surface area (Å²) in [6, 6.07) is 0. The highest BCUT2D eigenvalue weighted by atomic mass is 35.5. The van der Waals surface area contributed by atoms with Crippen molar-refractivity contribution in [1.29, 1.82) is 0 Å². The number of aromatic nitrogens is 1. The van der Waals surface area contributed by atoms with Crippen molar-refractivity contribution in [2.45, 2.75) is 13.5 Å². The van der Waals surface area contributed by atoms with Gasteiger partial charge in [-0.3, -0.25) is 9.69 Å². The molecule has 20 heavy (non-hydrogen) atoms. The number of thiazole rings is 1. The number of carbonyl (C=O) groups is 1. The third-order valence-electron chi connectivity index (χ3n) is 2.95. The second-order valence-electron chi connectivity index (χ2n) is 4.21. The number of nitrogens with zero attached hydrogens (tertiary/aromatic N) is 3. The van der Waals surface area contributed by atoms with Gasteiger partial charge < -0.3 is 10.6 Å². The Morgan fingerprint density at radius 2 is 1.90 bits per heavy atom. The van der Waals surface area contributed by atoms with E-state index in [2.05, 4.69) is 9.88 Å². The summed E-state index contributed by atoms with van der Waals surface area (Å²) in [4.78, 5) is 21.1. The van der Waals surface area contributed by atoms with Crippen LogP contribution in [0.5, 0.6) is 0 Å². The van der Waals surface area contributed by atoms with E-state index in [4.69, 9.17) is 5.73 Å². The van der Waals surface area contributed by atoms with Gasteiger partial charge in [-0.15, -0.1) is 48.6 Å². The Morgan fingerprint density at radius 1 is 1.30 bits per heavy atom. The van der Waals surface area contributed by atoms with Crippen LogP contribution in [0.1, 0.15) is 9.88 Å². The van der Waals surface area contributed by atoms with Crippen LogP contribution in [0.2, 0.25) is 0 Å². The Bertz CT molecular complexity index is 397. The monoisotopic (exact) mass is 362 g/mol. The molecule has 1 fully saturated rings. The number of carbonyl (C=O) groups excluding carboxylic acids is 1. The van der Waals surface area contributed by atoms with Gasteiger partial charge in [0, 0.05) is 43.8 Å². The van der Waals surface area contributed by atoms with Crippen molar-refractivity contribution in [2.24, 2.45) is 5.73 Å². The van der Waals surface area contributed by atoms with E-state index in [1.54, 1.807) is 11.3 Å². The van der Waals surface area contributed by atoms with E-state index >= 15 is 0 Å². The van der Waals surface area contributed by atoms with Gasteiger partial charge in [-0.2, -0.15) is 0 Å². The van der Waals surface area contributed by atoms with E-state index in [0.29, 0.717) is 0 Å². The highest BCUT2D eigenvalue weighted by molar-refractivity contribution is 7.11. The third kappa shape index (κ3) is 6.11. The molecule has 1 aliphatic rings. The summed E-state index contributed by atoms with van der Waals surface area (Å²) >= 11 is 1.74. The third-order valence-corrected chi connectivity index (χ3v) is 3.85. The van der Waals surface area contributed by atoms with Crippen LogP contribution in [0, 0.1) is 6.92 Å². The smallest absolute Gasteiger partial charge is 0.236 e. The van der Waals surface area contributed by atoms with E-state index in [1.807, 2.05) is 18.0 Å². The lowest BCUT2D eigenvalue weighted by atomic mass is 10.3. The Balaban J connectivity index is 0. The molecule has 1 aromatic heterocycles. The number of aryl methyl sites for hydroxylation is 1. The minimum atomic E-state index is 0. The van der Waals surface area contributed by atoms with Crippen molar-refractivity contribution < 1.29 is 4.79 Å². The molecule has 2 rings (SSSR count). The summed E-state index contributed by atoms with van der Waals surface area (Å²) in [5, 5.41) is 1.11. The standard InChI is InChI=1S/C11H18N4OS.3ClH/c1-9-13-7-10(17-9)8-14-2-4-15(5-3-14)11(16)6-12;;;/h7H,2-6,8,12H2,1H3;3*1H. The topological polar surface area (TPSA) is 62.5 Å². The number of hydrogen-bond acceptors (Lipinski definition) is 5. The van der Waals surface area contributed by atoms with E-state index in [0.717, 1.165) is 37.7 Å². The molecule has 0 aliphatic carbocycles. The number of rotatable bonds is 3. The van der Waals surface area contributed by atoms with E-state index in [-0.39, 0.29) is 49.7 Å². The molecule has 9 heteroatoms. The molecule has 0 aromatic carbocycles. The first kappa shape index (κ1) is 22.2. The predicted molar refractivity (Wildman–Crippen MR) is 89.5 cm³/mol. The van der Waals surface area contributed by atoms with Crippen LogP contribution in [0.3, 0.4) is 0 Å². The molecule has 0 spiro atoms. The fraction of sp³-hybridized carbons (Fsp3) is 0.636. The van der Waals surface area contributed by atoms with Crippen LogP contribution < -0.4 is 5.73 Å². The predicted octanol–water partition coefficient (Wildman–Crippen LogP) is 1.32. The second kappa shape index (κ2) is 10.6. The zero-order chi connectivity index (χ0) is 12.3. The van der Waals surface area contributed by atoms with Gasteiger partial charge in [0.2, 0.25) is 5.91 Å². The largest absolute Gasteiger partial charge is 0.339 e. The number of piperazine rings is 1. The van der Waals surface area contributed by atoms with Crippen molar-refractivity contribution in [3.8, 4) is 0 Å². The lowest BCUT2D eigenvalue weighted by molar-refractivity contribution is -0.131. The fourth-order valence-corrected chi connectivity index (χ4v) is 2.82. The molecule has 5 nitrogen and oxygen atoms in total. The molecule has 0 radical (unpaired) electrons. The summed E-state index contributed by atoms with van der Waals surface area (Å²) in [5.41, 5.74) is 5.35. The van der Waals surface area contributed by atoms with Crippen molar-refractivity contribution in [3.63, 3.8) is 0 Å². The number of halogens is 3. The Morgan fingerprint density at radius 3 is 2.35 bits per heavy atom. The summed E-state index contributed by atoms with van der Waals surface area (Å²) in [6.07, 6.45) is 1.94. The van der Waals surface area contributed by atoms with Crippen molar-refractivity contribution in [1.82, 2.24) is 14.8 Å². The summed E-state index contributed by atoms with van der Waals surface area (Å²) in [6.45, 7) is 6.49. The molecular formula is C11H21Cl3N4OS. The molecule has 1 amide bonds. The lowest BCUT2D eigenvalue weighted by Crippen LogP contribution is -2.49. The molecule has 0 saturated carbocycles. The van der Waals surface area contributed by atoms with Crippen LogP contribution in [0.15, 0.2) is 6.20 Å². The first-order valence-electron chi connectivity index (χ1n) is 5.80. The maximum atomic E-state index is 11.4. The van der Waals surface area contributed by atoms with Gasteiger partial charge in [-0.25, -0.2) is 4.98 Å². The van der Waals surface area contributed by atoms with Crippen LogP contribution in [0.4, 0.5) is 0 Å². The van der Waals surface area contributed by atoms with E-state index < -0.39 is 0 Å². The molecular weight excluding hydrogens is 343 g/mol. The summed E-state index contributed by atoms with van der Waals surface area (Å²) in [5.74, 6) is 0.0540. The quantitative estimate of drug-likeness (QED) is 0.880. The molecule has 118 valence electrons. The van der Waals surface area contributed by atoms with Crippen molar-refractivity contribution >= 4 is 54.5 Å². The average Bonchev–Trinajstić information content (AvgIpc) is 2.75. The van der Waals surface area contributed by atoms with Crippen LogP contribution >= 0.6 is 48.6 Å². The number of nitrogens with two attached hydrogens (primary N) is 1. The first-order valence-corrected chi connectivity index (χ1v) is 6.62. The van der Waals surface area contributed by atoms with Gasteiger partial charge >= 0.3 is 0 Å².